The van der Waals surface area contributed by atoms with Crippen LogP contribution in [0, 0.1) is 10.1 Å². The molecule has 0 aliphatic carbocycles. The standard InChI is InChI=1S/C17H15N3O4/c1-2-19-14-10-12(18)5-8-15(14)24-16(17(19)21)9-11-3-6-13(7-4-11)20(22)23/h3-10H,2,18H2,1H3/b16-9+. The number of fused-ring (bicyclic) bond motifs is 1. The van der Waals surface area contributed by atoms with Crippen LogP contribution in [0.15, 0.2) is 48.2 Å². The highest BCUT2D eigenvalue weighted by molar-refractivity contribution is 6.10. The van der Waals surface area contributed by atoms with Gasteiger partial charge in [0.05, 0.1) is 10.6 Å². The number of hydrogen-bond donors (Lipinski definition) is 1. The highest BCUT2D eigenvalue weighted by atomic mass is 16.6. The Kier molecular flexibility index (Phi) is 3.91. The summed E-state index contributed by atoms with van der Waals surface area (Å²) in [6, 6.07) is 11.0. The van der Waals surface area contributed by atoms with Gasteiger partial charge in [-0.1, -0.05) is 0 Å². The smallest absolute Gasteiger partial charge is 0.294 e. The van der Waals surface area contributed by atoms with Crippen molar-refractivity contribution < 1.29 is 14.5 Å². The van der Waals surface area contributed by atoms with E-state index < -0.39 is 4.92 Å². The number of anilines is 2. The van der Waals surface area contributed by atoms with Gasteiger partial charge in [-0.3, -0.25) is 14.9 Å². The maximum atomic E-state index is 12.6. The Bertz CT molecular complexity index is 843. The van der Waals surface area contributed by atoms with E-state index in [2.05, 4.69) is 0 Å². The Morgan fingerprint density at radius 2 is 1.96 bits per heavy atom. The normalized spacial score (nSPS) is 15.1. The number of carbonyl (C=O) groups excluding carboxylic acids is 1. The van der Waals surface area contributed by atoms with Crippen molar-refractivity contribution in [3.63, 3.8) is 0 Å². The topological polar surface area (TPSA) is 98.7 Å². The van der Waals surface area contributed by atoms with Gasteiger partial charge in [0.2, 0.25) is 0 Å². The monoisotopic (exact) mass is 325 g/mol. The third-order valence-electron chi connectivity index (χ3n) is 3.67. The highest BCUT2D eigenvalue weighted by Gasteiger charge is 2.29. The Balaban J connectivity index is 1.98. The van der Waals surface area contributed by atoms with Crippen molar-refractivity contribution in [1.82, 2.24) is 0 Å². The van der Waals surface area contributed by atoms with E-state index in [-0.39, 0.29) is 17.4 Å². The Hall–Kier alpha value is -3.35. The molecule has 122 valence electrons. The molecule has 2 aromatic carbocycles. The van der Waals surface area contributed by atoms with Gasteiger partial charge in [-0.25, -0.2) is 0 Å². The first-order valence-electron chi connectivity index (χ1n) is 7.35. The van der Waals surface area contributed by atoms with Gasteiger partial charge in [-0.15, -0.1) is 0 Å². The molecule has 0 fully saturated rings. The summed E-state index contributed by atoms with van der Waals surface area (Å²) in [5.74, 6) is 0.413. The predicted octanol–water partition coefficient (Wildman–Crippen LogP) is 2.96. The summed E-state index contributed by atoms with van der Waals surface area (Å²) >= 11 is 0. The number of non-ortho nitro benzene ring substituents is 1. The average molecular weight is 325 g/mol. The van der Waals surface area contributed by atoms with Crippen LogP contribution in [-0.4, -0.2) is 17.4 Å². The zero-order chi connectivity index (χ0) is 17.3. The third kappa shape index (κ3) is 2.79. The number of amides is 1. The minimum Gasteiger partial charge on any atom is -0.449 e. The van der Waals surface area contributed by atoms with E-state index in [4.69, 9.17) is 10.5 Å². The summed E-state index contributed by atoms with van der Waals surface area (Å²) < 4.78 is 5.69. The molecule has 0 bridgehead atoms. The van der Waals surface area contributed by atoms with Gasteiger partial charge in [0.1, 0.15) is 0 Å². The molecule has 1 amide bonds. The summed E-state index contributed by atoms with van der Waals surface area (Å²) in [6.45, 7) is 2.33. The highest BCUT2D eigenvalue weighted by Crippen LogP contribution is 2.37. The Morgan fingerprint density at radius 1 is 1.25 bits per heavy atom. The lowest BCUT2D eigenvalue weighted by Crippen LogP contribution is -2.37. The zero-order valence-electron chi connectivity index (χ0n) is 12.9. The van der Waals surface area contributed by atoms with Crippen molar-refractivity contribution in [3.8, 4) is 5.75 Å². The van der Waals surface area contributed by atoms with Crippen molar-refractivity contribution >= 4 is 29.0 Å². The number of nitrogens with two attached hydrogens (primary N) is 1. The molecule has 0 atom stereocenters. The molecule has 0 spiro atoms. The number of nitrogens with zero attached hydrogens (tertiary/aromatic N) is 2. The number of likely N-dealkylation sites (N-methyl/N-ethyl adjacent to an activating group) is 1. The maximum Gasteiger partial charge on any atom is 0.294 e. The quantitative estimate of drug-likeness (QED) is 0.405. The molecule has 3 rings (SSSR count). The number of rotatable bonds is 3. The van der Waals surface area contributed by atoms with Crippen LogP contribution < -0.4 is 15.4 Å². The van der Waals surface area contributed by atoms with Crippen LogP contribution in [0.2, 0.25) is 0 Å². The van der Waals surface area contributed by atoms with Crippen LogP contribution in [0.25, 0.3) is 6.08 Å². The molecule has 7 heteroatoms. The maximum absolute atomic E-state index is 12.6. The van der Waals surface area contributed by atoms with Crippen molar-refractivity contribution in [3.05, 3.63) is 63.9 Å². The largest absolute Gasteiger partial charge is 0.449 e. The molecule has 0 radical (unpaired) electrons. The SMILES string of the molecule is CCN1C(=O)/C(=C\c2ccc([N+](=O)[O-])cc2)Oc2ccc(N)cc21. The summed E-state index contributed by atoms with van der Waals surface area (Å²) in [7, 11) is 0. The first-order valence-corrected chi connectivity index (χ1v) is 7.35. The van der Waals surface area contributed by atoms with Crippen molar-refractivity contribution in [2.45, 2.75) is 6.92 Å². The predicted molar refractivity (Wildman–Crippen MR) is 90.6 cm³/mol. The van der Waals surface area contributed by atoms with E-state index in [0.717, 1.165) is 0 Å². The zero-order valence-corrected chi connectivity index (χ0v) is 12.9. The van der Waals surface area contributed by atoms with E-state index in [1.54, 1.807) is 41.3 Å². The van der Waals surface area contributed by atoms with Crippen molar-refractivity contribution in [2.75, 3.05) is 17.2 Å². The number of nitrogen functional groups attached to an aromatic ring is 1. The molecular weight excluding hydrogens is 310 g/mol. The van der Waals surface area contributed by atoms with Gasteiger partial charge in [-0.05, 0) is 48.9 Å². The summed E-state index contributed by atoms with van der Waals surface area (Å²) in [5, 5.41) is 10.7. The second kappa shape index (κ2) is 6.04. The van der Waals surface area contributed by atoms with Gasteiger partial charge in [-0.2, -0.15) is 0 Å². The molecule has 1 heterocycles. The lowest BCUT2D eigenvalue weighted by Gasteiger charge is -2.29. The fourth-order valence-corrected chi connectivity index (χ4v) is 2.48. The van der Waals surface area contributed by atoms with Gasteiger partial charge < -0.3 is 15.4 Å². The van der Waals surface area contributed by atoms with Gasteiger partial charge in [0, 0.05) is 24.4 Å². The van der Waals surface area contributed by atoms with Crippen molar-refractivity contribution in [2.24, 2.45) is 0 Å². The molecule has 0 saturated carbocycles. The number of nitro benzene ring substituents is 1. The van der Waals surface area contributed by atoms with Gasteiger partial charge in [0.15, 0.2) is 11.5 Å². The van der Waals surface area contributed by atoms with Gasteiger partial charge in [0.25, 0.3) is 11.6 Å². The van der Waals surface area contributed by atoms with Gasteiger partial charge >= 0.3 is 0 Å². The average Bonchev–Trinajstić information content (AvgIpc) is 2.56. The van der Waals surface area contributed by atoms with Crippen LogP contribution in [0.1, 0.15) is 12.5 Å². The van der Waals surface area contributed by atoms with Crippen LogP contribution in [0.4, 0.5) is 17.1 Å². The fraction of sp³-hybridized carbons (Fsp3) is 0.118. The second-order valence-electron chi connectivity index (χ2n) is 5.24. The number of nitro groups is 1. The first-order chi connectivity index (χ1) is 11.5. The van der Waals surface area contributed by atoms with E-state index in [1.807, 2.05) is 6.92 Å². The number of carbonyl (C=O) groups is 1. The van der Waals surface area contributed by atoms with E-state index in [0.29, 0.717) is 29.2 Å². The second-order valence-corrected chi connectivity index (χ2v) is 5.24. The molecule has 24 heavy (non-hydrogen) atoms. The van der Waals surface area contributed by atoms with E-state index >= 15 is 0 Å². The molecular formula is C17H15N3O4. The van der Waals surface area contributed by atoms with Crippen LogP contribution >= 0.6 is 0 Å². The first kappa shape index (κ1) is 15.5. The lowest BCUT2D eigenvalue weighted by atomic mass is 10.1. The van der Waals surface area contributed by atoms with Crippen molar-refractivity contribution in [1.29, 1.82) is 0 Å². The minimum atomic E-state index is -0.474. The molecule has 1 aliphatic rings. The lowest BCUT2D eigenvalue weighted by molar-refractivity contribution is -0.384. The van der Waals surface area contributed by atoms with Crippen LogP contribution in [0.3, 0.4) is 0 Å². The van der Waals surface area contributed by atoms with Crippen LogP contribution in [-0.2, 0) is 4.79 Å². The molecule has 0 saturated heterocycles. The molecule has 7 nitrogen and oxygen atoms in total. The fourth-order valence-electron chi connectivity index (χ4n) is 2.48. The van der Waals surface area contributed by atoms with E-state index in [9.17, 15) is 14.9 Å². The summed E-state index contributed by atoms with van der Waals surface area (Å²) in [5.41, 5.74) is 7.58. The van der Waals surface area contributed by atoms with Crippen LogP contribution in [0.5, 0.6) is 5.75 Å². The molecule has 2 N–H and O–H groups in total. The number of benzene rings is 2. The minimum absolute atomic E-state index is 0.0101. The summed E-state index contributed by atoms with van der Waals surface area (Å²) in [6.07, 6.45) is 1.56. The molecule has 0 unspecified atom stereocenters. The Morgan fingerprint density at radius 3 is 2.58 bits per heavy atom. The number of hydrogen-bond acceptors (Lipinski definition) is 5. The Labute approximate surface area is 138 Å². The third-order valence-corrected chi connectivity index (χ3v) is 3.67. The molecule has 0 aromatic heterocycles. The van der Waals surface area contributed by atoms with E-state index in [1.165, 1.54) is 12.1 Å². The molecule has 1 aliphatic heterocycles. The molecule has 2 aromatic rings. The number of ether oxygens (including phenoxy) is 1. The summed E-state index contributed by atoms with van der Waals surface area (Å²) in [4.78, 5) is 24.4.